The van der Waals surface area contributed by atoms with Crippen LogP contribution in [-0.4, -0.2) is 20.8 Å². The summed E-state index contributed by atoms with van der Waals surface area (Å²) in [5, 5.41) is 37.7. The van der Waals surface area contributed by atoms with Crippen LogP contribution in [0.3, 0.4) is 0 Å². The Morgan fingerprint density at radius 1 is 0.938 bits per heavy atom. The van der Waals surface area contributed by atoms with Gasteiger partial charge in [0.25, 0.3) is 5.69 Å². The third kappa shape index (κ3) is 3.39. The first-order valence-electron chi connectivity index (χ1n) is 10.1. The molecule has 32 heavy (non-hydrogen) atoms. The second-order valence-corrected chi connectivity index (χ2v) is 7.66. The molecule has 0 aromatic heterocycles. The van der Waals surface area contributed by atoms with E-state index in [1.807, 2.05) is 54.6 Å². The number of anilines is 1. The highest BCUT2D eigenvalue weighted by Gasteiger charge is 2.26. The highest BCUT2D eigenvalue weighted by molar-refractivity contribution is 6.14. The Bertz CT molecular complexity index is 1400. The highest BCUT2D eigenvalue weighted by atomic mass is 16.6. The number of fused-ring (bicyclic) bond motifs is 2. The summed E-state index contributed by atoms with van der Waals surface area (Å²) in [6.07, 6.45) is 0.349. The van der Waals surface area contributed by atoms with Gasteiger partial charge in [-0.1, -0.05) is 42.5 Å². The zero-order valence-corrected chi connectivity index (χ0v) is 16.9. The van der Waals surface area contributed by atoms with Crippen molar-refractivity contribution in [2.24, 2.45) is 4.99 Å². The summed E-state index contributed by atoms with van der Waals surface area (Å²) < 4.78 is 0. The first-order chi connectivity index (χ1) is 15.5. The van der Waals surface area contributed by atoms with Crippen molar-refractivity contribution in [3.63, 3.8) is 0 Å². The fourth-order valence-corrected chi connectivity index (χ4v) is 4.17. The van der Waals surface area contributed by atoms with Crippen LogP contribution in [0.1, 0.15) is 23.6 Å². The first kappa shape index (κ1) is 19.6. The second-order valence-electron chi connectivity index (χ2n) is 7.66. The predicted octanol–water partition coefficient (Wildman–Crippen LogP) is 5.84. The van der Waals surface area contributed by atoms with Crippen LogP contribution in [-0.2, 0) is 0 Å². The van der Waals surface area contributed by atoms with Crippen LogP contribution in [0.4, 0.5) is 17.1 Å². The molecule has 0 amide bonds. The fourth-order valence-electron chi connectivity index (χ4n) is 4.17. The van der Waals surface area contributed by atoms with E-state index >= 15 is 0 Å². The maximum atomic E-state index is 11.1. The molecule has 1 aliphatic heterocycles. The lowest BCUT2D eigenvalue weighted by molar-refractivity contribution is -0.384. The van der Waals surface area contributed by atoms with E-state index < -0.39 is 11.0 Å². The molecule has 1 atom stereocenters. The van der Waals surface area contributed by atoms with Gasteiger partial charge >= 0.3 is 0 Å². The number of para-hydroxylation sites is 2. The van der Waals surface area contributed by atoms with Crippen LogP contribution < -0.4 is 5.32 Å². The quantitative estimate of drug-likeness (QED) is 0.282. The normalized spacial score (nSPS) is 15.4. The Labute approximate surface area is 183 Å². The lowest BCUT2D eigenvalue weighted by Crippen LogP contribution is -2.15. The van der Waals surface area contributed by atoms with E-state index in [4.69, 9.17) is 4.99 Å². The topological polar surface area (TPSA) is 108 Å². The molecule has 0 aliphatic carbocycles. The summed E-state index contributed by atoms with van der Waals surface area (Å²) >= 11 is 0. The number of phenolic OH excluding ortho intramolecular Hbond substituents is 2. The molecule has 0 saturated heterocycles. The van der Waals surface area contributed by atoms with Gasteiger partial charge in [-0.3, -0.25) is 15.1 Å². The summed E-state index contributed by atoms with van der Waals surface area (Å²) in [6.45, 7) is 0. The molecule has 4 aromatic rings. The van der Waals surface area contributed by atoms with Gasteiger partial charge in [-0.25, -0.2) is 0 Å². The van der Waals surface area contributed by atoms with Crippen molar-refractivity contribution in [2.75, 3.05) is 5.32 Å². The minimum atomic E-state index is -0.541. The van der Waals surface area contributed by atoms with Crippen molar-refractivity contribution in [1.82, 2.24) is 0 Å². The molecule has 7 heteroatoms. The predicted molar refractivity (Wildman–Crippen MR) is 124 cm³/mol. The molecular weight excluding hydrogens is 406 g/mol. The molecule has 1 heterocycles. The summed E-state index contributed by atoms with van der Waals surface area (Å²) in [5.74, 6) is -0.0499. The lowest BCUT2D eigenvalue weighted by atomic mass is 9.93. The number of hydrogen-bond acceptors (Lipinski definition) is 6. The Morgan fingerprint density at radius 2 is 1.72 bits per heavy atom. The van der Waals surface area contributed by atoms with E-state index in [1.54, 1.807) is 12.1 Å². The standard InChI is InChI=1S/C25H19N3O4/c29-23-12-9-15-5-1-2-6-17(15)25(23)22-14-21(26-19-7-3-4-8-20(19)27-22)18-11-10-16(28(31)32)13-24(18)30/h1-13,21,26,29-30H,14H2. The van der Waals surface area contributed by atoms with Crippen LogP contribution >= 0.6 is 0 Å². The fraction of sp³-hybridized carbons (Fsp3) is 0.0800. The molecule has 0 fully saturated rings. The van der Waals surface area contributed by atoms with Gasteiger partial charge in [0, 0.05) is 23.6 Å². The summed E-state index contributed by atoms with van der Waals surface area (Å²) in [7, 11) is 0. The van der Waals surface area contributed by atoms with Crippen LogP contribution in [0.2, 0.25) is 0 Å². The number of aromatic hydroxyl groups is 2. The zero-order valence-electron chi connectivity index (χ0n) is 16.9. The molecule has 7 nitrogen and oxygen atoms in total. The summed E-state index contributed by atoms with van der Waals surface area (Å²) in [4.78, 5) is 15.4. The molecule has 0 radical (unpaired) electrons. The Morgan fingerprint density at radius 3 is 2.53 bits per heavy atom. The van der Waals surface area contributed by atoms with Crippen LogP contribution in [0, 0.1) is 10.1 Å². The lowest BCUT2D eigenvalue weighted by Gasteiger charge is -2.21. The number of phenols is 2. The minimum Gasteiger partial charge on any atom is -0.507 e. The van der Waals surface area contributed by atoms with Gasteiger partial charge in [0.05, 0.1) is 34.1 Å². The maximum absolute atomic E-state index is 11.1. The Balaban J connectivity index is 1.69. The number of nitrogens with one attached hydrogen (secondary N) is 1. The van der Waals surface area contributed by atoms with Crippen molar-refractivity contribution >= 4 is 33.5 Å². The van der Waals surface area contributed by atoms with Gasteiger partial charge in [-0.2, -0.15) is 0 Å². The molecule has 0 saturated carbocycles. The SMILES string of the molecule is O=[N+]([O-])c1ccc(C2CC(c3c(O)ccc4ccccc34)=Nc3ccccc3N2)c(O)c1. The van der Waals surface area contributed by atoms with Gasteiger partial charge in [-0.05, 0) is 35.0 Å². The van der Waals surface area contributed by atoms with E-state index in [1.165, 1.54) is 6.07 Å². The largest absolute Gasteiger partial charge is 0.507 e. The molecule has 1 unspecified atom stereocenters. The third-order valence-electron chi connectivity index (χ3n) is 5.68. The van der Waals surface area contributed by atoms with Gasteiger partial charge in [0.15, 0.2) is 0 Å². The summed E-state index contributed by atoms with van der Waals surface area (Å²) in [6, 6.07) is 22.5. The number of rotatable bonds is 3. The number of benzene rings is 4. The van der Waals surface area contributed by atoms with Crippen molar-refractivity contribution in [3.8, 4) is 11.5 Å². The molecule has 158 valence electrons. The second kappa shape index (κ2) is 7.70. The van der Waals surface area contributed by atoms with Gasteiger partial charge < -0.3 is 15.5 Å². The molecule has 4 aromatic carbocycles. The number of nitro benzene ring substituents is 1. The van der Waals surface area contributed by atoms with Crippen molar-refractivity contribution in [1.29, 1.82) is 0 Å². The van der Waals surface area contributed by atoms with Crippen molar-refractivity contribution < 1.29 is 15.1 Å². The van der Waals surface area contributed by atoms with E-state index in [9.17, 15) is 20.3 Å². The van der Waals surface area contributed by atoms with Crippen LogP contribution in [0.5, 0.6) is 11.5 Å². The maximum Gasteiger partial charge on any atom is 0.273 e. The van der Waals surface area contributed by atoms with Crippen LogP contribution in [0.15, 0.2) is 83.9 Å². The van der Waals surface area contributed by atoms with Gasteiger partial charge in [-0.15, -0.1) is 0 Å². The number of nitrogens with zero attached hydrogens (tertiary/aromatic N) is 2. The average Bonchev–Trinajstić information content (AvgIpc) is 2.98. The van der Waals surface area contributed by atoms with Crippen LogP contribution in [0.25, 0.3) is 10.8 Å². The van der Waals surface area contributed by atoms with E-state index in [0.29, 0.717) is 28.9 Å². The molecule has 1 aliphatic rings. The molecule has 0 spiro atoms. The molecule has 0 bridgehead atoms. The average molecular weight is 425 g/mol. The van der Waals surface area contributed by atoms with E-state index in [-0.39, 0.29) is 17.2 Å². The Kier molecular flexibility index (Phi) is 4.71. The number of aliphatic imine (C=N–C) groups is 1. The highest BCUT2D eigenvalue weighted by Crippen LogP contribution is 2.41. The van der Waals surface area contributed by atoms with Crippen molar-refractivity contribution in [2.45, 2.75) is 12.5 Å². The van der Waals surface area contributed by atoms with E-state index in [2.05, 4.69) is 5.32 Å². The number of nitro groups is 1. The smallest absolute Gasteiger partial charge is 0.273 e. The zero-order chi connectivity index (χ0) is 22.2. The van der Waals surface area contributed by atoms with Crippen molar-refractivity contribution in [3.05, 3.63) is 100 Å². The molecule has 5 rings (SSSR count). The summed E-state index contributed by atoms with van der Waals surface area (Å²) in [5.41, 5.74) is 3.09. The molecule has 3 N–H and O–H groups in total. The Hall–Kier alpha value is -4.39. The number of hydrogen-bond donors (Lipinski definition) is 3. The minimum absolute atomic E-state index is 0.119. The number of non-ortho nitro benzene ring substituents is 1. The molecular formula is C25H19N3O4. The van der Waals surface area contributed by atoms with E-state index in [0.717, 1.165) is 22.5 Å². The first-order valence-corrected chi connectivity index (χ1v) is 10.1. The monoisotopic (exact) mass is 425 g/mol. The third-order valence-corrected chi connectivity index (χ3v) is 5.68. The van der Waals surface area contributed by atoms with Gasteiger partial charge in [0.2, 0.25) is 0 Å². The van der Waals surface area contributed by atoms with Gasteiger partial charge in [0.1, 0.15) is 11.5 Å².